The summed E-state index contributed by atoms with van der Waals surface area (Å²) in [6, 6.07) is 7.47. The van der Waals surface area contributed by atoms with Crippen LogP contribution in [0.1, 0.15) is 29.5 Å². The number of esters is 1. The highest BCUT2D eigenvalue weighted by molar-refractivity contribution is 5.90. The summed E-state index contributed by atoms with van der Waals surface area (Å²) < 4.78 is 5.07. The predicted octanol–water partition coefficient (Wildman–Crippen LogP) is 2.51. The van der Waals surface area contributed by atoms with E-state index in [0.717, 1.165) is 11.9 Å². The van der Waals surface area contributed by atoms with Crippen LogP contribution >= 0.6 is 0 Å². The van der Waals surface area contributed by atoms with Crippen LogP contribution in [-0.2, 0) is 4.74 Å². The number of carbonyl (C=O) groups is 1. The Hall–Kier alpha value is -1.97. The first-order chi connectivity index (χ1) is 8.22. The fourth-order valence-corrected chi connectivity index (χ4v) is 1.54. The number of rotatable bonds is 3. The SMILES string of the molecule is CCCOC(=O)c1nc2ccccc2nc1C. The third kappa shape index (κ3) is 2.41. The lowest BCUT2D eigenvalue weighted by Crippen LogP contribution is -2.11. The van der Waals surface area contributed by atoms with Crippen molar-refractivity contribution in [3.63, 3.8) is 0 Å². The van der Waals surface area contributed by atoms with E-state index in [9.17, 15) is 4.79 Å². The fraction of sp³-hybridized carbons (Fsp3) is 0.308. The first-order valence-electron chi connectivity index (χ1n) is 5.63. The van der Waals surface area contributed by atoms with Crippen LogP contribution in [0.5, 0.6) is 0 Å². The van der Waals surface area contributed by atoms with E-state index in [1.54, 1.807) is 6.92 Å². The second kappa shape index (κ2) is 4.91. The first-order valence-corrected chi connectivity index (χ1v) is 5.63. The third-order valence-electron chi connectivity index (χ3n) is 2.38. The van der Waals surface area contributed by atoms with E-state index in [1.165, 1.54) is 0 Å². The van der Waals surface area contributed by atoms with Gasteiger partial charge in [-0.1, -0.05) is 19.1 Å². The van der Waals surface area contributed by atoms with Crippen LogP contribution in [0.4, 0.5) is 0 Å². The normalized spacial score (nSPS) is 10.5. The van der Waals surface area contributed by atoms with E-state index in [-0.39, 0.29) is 0 Å². The molecule has 0 N–H and O–H groups in total. The van der Waals surface area contributed by atoms with Crippen molar-refractivity contribution in [1.29, 1.82) is 0 Å². The number of para-hydroxylation sites is 2. The lowest BCUT2D eigenvalue weighted by Gasteiger charge is -2.06. The maximum atomic E-state index is 11.7. The van der Waals surface area contributed by atoms with Crippen molar-refractivity contribution in [3.05, 3.63) is 35.7 Å². The molecule has 0 spiro atoms. The molecule has 4 heteroatoms. The van der Waals surface area contributed by atoms with Gasteiger partial charge in [-0.2, -0.15) is 0 Å². The summed E-state index contributed by atoms with van der Waals surface area (Å²) in [5.41, 5.74) is 2.40. The number of nitrogens with zero attached hydrogens (tertiary/aromatic N) is 2. The first kappa shape index (κ1) is 11.5. The van der Waals surface area contributed by atoms with Gasteiger partial charge >= 0.3 is 5.97 Å². The van der Waals surface area contributed by atoms with Gasteiger partial charge in [0.2, 0.25) is 0 Å². The molecular weight excluding hydrogens is 216 g/mol. The molecule has 2 rings (SSSR count). The van der Waals surface area contributed by atoms with Crippen molar-refractivity contribution in [2.75, 3.05) is 6.61 Å². The largest absolute Gasteiger partial charge is 0.461 e. The Morgan fingerprint density at radius 1 is 1.24 bits per heavy atom. The Morgan fingerprint density at radius 2 is 1.88 bits per heavy atom. The van der Waals surface area contributed by atoms with Crippen molar-refractivity contribution in [3.8, 4) is 0 Å². The lowest BCUT2D eigenvalue weighted by molar-refractivity contribution is 0.0497. The number of hydrogen-bond acceptors (Lipinski definition) is 4. The van der Waals surface area contributed by atoms with Gasteiger partial charge in [-0.25, -0.2) is 14.8 Å². The van der Waals surface area contributed by atoms with E-state index in [1.807, 2.05) is 31.2 Å². The highest BCUT2D eigenvalue weighted by Gasteiger charge is 2.14. The summed E-state index contributed by atoms with van der Waals surface area (Å²) >= 11 is 0. The van der Waals surface area contributed by atoms with Gasteiger partial charge in [0.05, 0.1) is 23.3 Å². The summed E-state index contributed by atoms with van der Waals surface area (Å²) in [4.78, 5) is 20.4. The van der Waals surface area contributed by atoms with Crippen LogP contribution in [0.25, 0.3) is 11.0 Å². The zero-order chi connectivity index (χ0) is 12.3. The highest BCUT2D eigenvalue weighted by atomic mass is 16.5. The molecule has 0 amide bonds. The van der Waals surface area contributed by atoms with E-state index >= 15 is 0 Å². The average molecular weight is 230 g/mol. The van der Waals surface area contributed by atoms with E-state index < -0.39 is 5.97 Å². The molecule has 0 atom stereocenters. The lowest BCUT2D eigenvalue weighted by atomic mass is 10.2. The van der Waals surface area contributed by atoms with Crippen molar-refractivity contribution in [2.24, 2.45) is 0 Å². The third-order valence-corrected chi connectivity index (χ3v) is 2.38. The molecule has 0 aliphatic heterocycles. The number of carbonyl (C=O) groups excluding carboxylic acids is 1. The van der Waals surface area contributed by atoms with Gasteiger partial charge < -0.3 is 4.74 Å². The van der Waals surface area contributed by atoms with Gasteiger partial charge in [0.25, 0.3) is 0 Å². The molecule has 0 aliphatic rings. The monoisotopic (exact) mass is 230 g/mol. The second-order valence-corrected chi connectivity index (χ2v) is 3.78. The maximum absolute atomic E-state index is 11.7. The number of benzene rings is 1. The predicted molar refractivity (Wildman–Crippen MR) is 64.8 cm³/mol. The number of fused-ring (bicyclic) bond motifs is 1. The standard InChI is InChI=1S/C13H14N2O2/c1-3-8-17-13(16)12-9(2)14-10-6-4-5-7-11(10)15-12/h4-7H,3,8H2,1-2H3. The van der Waals surface area contributed by atoms with Crippen LogP contribution < -0.4 is 0 Å². The zero-order valence-electron chi connectivity index (χ0n) is 9.93. The smallest absolute Gasteiger partial charge is 0.358 e. The minimum absolute atomic E-state index is 0.303. The maximum Gasteiger partial charge on any atom is 0.358 e. The minimum atomic E-state index is -0.400. The molecular formula is C13H14N2O2. The van der Waals surface area contributed by atoms with Gasteiger partial charge in [-0.05, 0) is 25.5 Å². The van der Waals surface area contributed by atoms with E-state index in [2.05, 4.69) is 9.97 Å². The van der Waals surface area contributed by atoms with Crippen molar-refractivity contribution in [1.82, 2.24) is 9.97 Å². The van der Waals surface area contributed by atoms with Crippen molar-refractivity contribution >= 4 is 17.0 Å². The van der Waals surface area contributed by atoms with Crippen LogP contribution in [0.2, 0.25) is 0 Å². The topological polar surface area (TPSA) is 52.1 Å². The van der Waals surface area contributed by atoms with Gasteiger partial charge in [0.15, 0.2) is 5.69 Å². The number of ether oxygens (including phenoxy) is 1. The molecule has 0 bridgehead atoms. The van der Waals surface area contributed by atoms with Crippen LogP contribution in [0, 0.1) is 6.92 Å². The van der Waals surface area contributed by atoms with Gasteiger partial charge in [0, 0.05) is 0 Å². The summed E-state index contributed by atoms with van der Waals surface area (Å²) in [5, 5.41) is 0. The molecule has 88 valence electrons. The zero-order valence-corrected chi connectivity index (χ0v) is 9.93. The summed E-state index contributed by atoms with van der Waals surface area (Å²) in [6.45, 7) is 4.13. The quantitative estimate of drug-likeness (QED) is 0.760. The van der Waals surface area contributed by atoms with Gasteiger partial charge in [-0.15, -0.1) is 0 Å². The molecule has 0 saturated heterocycles. The van der Waals surface area contributed by atoms with Gasteiger partial charge in [-0.3, -0.25) is 0 Å². The number of aryl methyl sites for hydroxylation is 1. The van der Waals surface area contributed by atoms with E-state index in [4.69, 9.17) is 4.74 Å². The minimum Gasteiger partial charge on any atom is -0.461 e. The van der Waals surface area contributed by atoms with Crippen LogP contribution in [-0.4, -0.2) is 22.5 Å². The molecule has 1 aromatic heterocycles. The Morgan fingerprint density at radius 3 is 2.53 bits per heavy atom. The van der Waals surface area contributed by atoms with Crippen molar-refractivity contribution < 1.29 is 9.53 Å². The highest BCUT2D eigenvalue weighted by Crippen LogP contribution is 2.12. The summed E-state index contributed by atoms with van der Waals surface area (Å²) in [6.07, 6.45) is 0.797. The molecule has 0 unspecified atom stereocenters. The Labute approximate surface area is 99.7 Å². The molecule has 0 saturated carbocycles. The fourth-order valence-electron chi connectivity index (χ4n) is 1.54. The van der Waals surface area contributed by atoms with E-state index in [0.29, 0.717) is 23.5 Å². The molecule has 1 aromatic carbocycles. The number of hydrogen-bond donors (Lipinski definition) is 0. The van der Waals surface area contributed by atoms with Crippen LogP contribution in [0.3, 0.4) is 0 Å². The molecule has 4 nitrogen and oxygen atoms in total. The molecule has 17 heavy (non-hydrogen) atoms. The second-order valence-electron chi connectivity index (χ2n) is 3.78. The Bertz CT molecular complexity index is 552. The molecule has 0 aliphatic carbocycles. The summed E-state index contributed by atoms with van der Waals surface area (Å²) in [5.74, 6) is -0.400. The average Bonchev–Trinajstić information content (AvgIpc) is 2.35. The molecule has 2 aromatic rings. The Balaban J connectivity index is 2.40. The summed E-state index contributed by atoms with van der Waals surface area (Å²) in [7, 11) is 0. The number of aromatic nitrogens is 2. The van der Waals surface area contributed by atoms with Crippen molar-refractivity contribution in [2.45, 2.75) is 20.3 Å². The molecule has 0 radical (unpaired) electrons. The molecule has 1 heterocycles. The van der Waals surface area contributed by atoms with Gasteiger partial charge in [0.1, 0.15) is 0 Å². The Kier molecular flexibility index (Phi) is 3.32. The molecule has 0 fully saturated rings. The van der Waals surface area contributed by atoms with Crippen LogP contribution in [0.15, 0.2) is 24.3 Å².